The topological polar surface area (TPSA) is 84.5 Å². The highest BCUT2D eigenvalue weighted by atomic mass is 35.5. The van der Waals surface area contributed by atoms with Crippen LogP contribution in [0.4, 0.5) is 23.2 Å². The number of carbonyl (C=O) groups is 1. The molecule has 0 fully saturated rings. The fourth-order valence-corrected chi connectivity index (χ4v) is 3.87. The van der Waals surface area contributed by atoms with Crippen LogP contribution in [0.5, 0.6) is 5.75 Å². The predicted molar refractivity (Wildman–Crippen MR) is 102 cm³/mol. The van der Waals surface area contributed by atoms with Crippen LogP contribution in [0.3, 0.4) is 0 Å². The largest absolute Gasteiger partial charge is 0.492 e. The van der Waals surface area contributed by atoms with Crippen LogP contribution in [0.2, 0.25) is 5.02 Å². The van der Waals surface area contributed by atoms with E-state index < -0.39 is 39.5 Å². The first-order valence-electron chi connectivity index (χ1n) is 8.47. The average Bonchev–Trinajstić information content (AvgIpc) is 2.63. The molecule has 0 aromatic heterocycles. The second-order valence-electron chi connectivity index (χ2n) is 6.05. The Hall–Kier alpha value is -2.37. The van der Waals surface area contributed by atoms with Crippen molar-refractivity contribution in [1.29, 1.82) is 0 Å². The SMILES string of the molecule is CCOc1ccc(S(=O)(=O)NC(C)C(=O)Nc2ccc(F)c(C(F)(F)F)c2)cc1Cl. The Bertz CT molecular complexity index is 1040. The number of rotatable bonds is 7. The van der Waals surface area contributed by atoms with Crippen LogP contribution < -0.4 is 14.8 Å². The Morgan fingerprint density at radius 1 is 1.20 bits per heavy atom. The molecule has 2 aromatic carbocycles. The Kier molecular flexibility index (Phi) is 7.32. The average molecular weight is 469 g/mol. The number of anilines is 1. The number of nitrogens with one attached hydrogen (secondary N) is 2. The number of amides is 1. The van der Waals surface area contributed by atoms with Crippen LogP contribution in [-0.4, -0.2) is 27.0 Å². The maximum absolute atomic E-state index is 13.3. The predicted octanol–water partition coefficient (Wildman–Crippen LogP) is 4.20. The molecule has 0 aliphatic rings. The molecule has 6 nitrogen and oxygen atoms in total. The van der Waals surface area contributed by atoms with E-state index in [1.807, 2.05) is 0 Å². The smallest absolute Gasteiger partial charge is 0.419 e. The van der Waals surface area contributed by atoms with Crippen molar-refractivity contribution in [3.8, 4) is 5.75 Å². The first kappa shape index (κ1) is 23.9. The zero-order chi connectivity index (χ0) is 22.7. The van der Waals surface area contributed by atoms with E-state index >= 15 is 0 Å². The summed E-state index contributed by atoms with van der Waals surface area (Å²) in [7, 11) is -4.18. The molecule has 2 N–H and O–H groups in total. The van der Waals surface area contributed by atoms with Crippen LogP contribution in [0.15, 0.2) is 41.3 Å². The highest BCUT2D eigenvalue weighted by molar-refractivity contribution is 7.89. The Labute approximate surface area is 175 Å². The summed E-state index contributed by atoms with van der Waals surface area (Å²) in [6, 6.07) is 4.24. The molecule has 0 saturated heterocycles. The number of hydrogen-bond donors (Lipinski definition) is 2. The Balaban J connectivity index is 2.14. The minimum absolute atomic E-state index is 0.0443. The van der Waals surface area contributed by atoms with E-state index in [4.69, 9.17) is 16.3 Å². The zero-order valence-electron chi connectivity index (χ0n) is 15.7. The van der Waals surface area contributed by atoms with Crippen molar-refractivity contribution in [3.05, 3.63) is 52.8 Å². The molecule has 30 heavy (non-hydrogen) atoms. The van der Waals surface area contributed by atoms with Gasteiger partial charge >= 0.3 is 6.18 Å². The number of benzene rings is 2. The lowest BCUT2D eigenvalue weighted by molar-refractivity contribution is -0.140. The fraction of sp³-hybridized carbons (Fsp3) is 0.278. The fourth-order valence-electron chi connectivity index (χ4n) is 2.35. The molecule has 164 valence electrons. The van der Waals surface area contributed by atoms with Crippen molar-refractivity contribution in [1.82, 2.24) is 4.72 Å². The van der Waals surface area contributed by atoms with E-state index in [2.05, 4.69) is 10.0 Å². The molecule has 0 radical (unpaired) electrons. The monoisotopic (exact) mass is 468 g/mol. The first-order chi connectivity index (χ1) is 13.8. The summed E-state index contributed by atoms with van der Waals surface area (Å²) >= 11 is 5.97. The van der Waals surface area contributed by atoms with Crippen molar-refractivity contribution in [2.75, 3.05) is 11.9 Å². The summed E-state index contributed by atoms with van der Waals surface area (Å²) in [4.78, 5) is 12.0. The van der Waals surface area contributed by atoms with Crippen LogP contribution >= 0.6 is 11.6 Å². The highest BCUT2D eigenvalue weighted by Gasteiger charge is 2.34. The van der Waals surface area contributed by atoms with Gasteiger partial charge in [-0.05, 0) is 50.2 Å². The van der Waals surface area contributed by atoms with Crippen molar-refractivity contribution in [2.24, 2.45) is 0 Å². The summed E-state index contributed by atoms with van der Waals surface area (Å²) in [5.74, 6) is -2.17. The molecule has 0 aliphatic heterocycles. The molecule has 12 heteroatoms. The Morgan fingerprint density at radius 2 is 1.87 bits per heavy atom. The van der Waals surface area contributed by atoms with E-state index in [0.29, 0.717) is 18.7 Å². The molecular formula is C18H17ClF4N2O4S. The van der Waals surface area contributed by atoms with Gasteiger partial charge in [-0.15, -0.1) is 0 Å². The lowest BCUT2D eigenvalue weighted by atomic mass is 10.1. The maximum Gasteiger partial charge on any atom is 0.419 e. The molecule has 1 atom stereocenters. The number of halogens is 5. The lowest BCUT2D eigenvalue weighted by Crippen LogP contribution is -2.41. The molecule has 0 heterocycles. The van der Waals surface area contributed by atoms with Gasteiger partial charge in [0.1, 0.15) is 11.6 Å². The molecule has 1 amide bonds. The molecule has 1 unspecified atom stereocenters. The van der Waals surface area contributed by atoms with Crippen molar-refractivity contribution in [2.45, 2.75) is 31.0 Å². The second kappa shape index (κ2) is 9.19. The van der Waals surface area contributed by atoms with Gasteiger partial charge in [-0.2, -0.15) is 17.9 Å². The van der Waals surface area contributed by atoms with Crippen LogP contribution in [0.1, 0.15) is 19.4 Å². The van der Waals surface area contributed by atoms with E-state index in [1.165, 1.54) is 19.1 Å². The Morgan fingerprint density at radius 3 is 2.43 bits per heavy atom. The third kappa shape index (κ3) is 5.83. The minimum atomic E-state index is -4.95. The van der Waals surface area contributed by atoms with Gasteiger partial charge < -0.3 is 10.1 Å². The van der Waals surface area contributed by atoms with Crippen LogP contribution in [0.25, 0.3) is 0 Å². The lowest BCUT2D eigenvalue weighted by Gasteiger charge is -2.16. The molecule has 0 spiro atoms. The number of alkyl halides is 3. The molecule has 2 aromatic rings. The van der Waals surface area contributed by atoms with Gasteiger partial charge in [0.15, 0.2) is 0 Å². The quantitative estimate of drug-likeness (QED) is 0.596. The summed E-state index contributed by atoms with van der Waals surface area (Å²) in [6.07, 6.45) is -4.95. The molecule has 2 rings (SSSR count). The molecular weight excluding hydrogens is 452 g/mol. The van der Waals surface area contributed by atoms with Crippen LogP contribution in [0, 0.1) is 5.82 Å². The van der Waals surface area contributed by atoms with E-state index in [1.54, 1.807) is 6.92 Å². The van der Waals surface area contributed by atoms with E-state index in [0.717, 1.165) is 12.1 Å². The maximum atomic E-state index is 13.3. The minimum Gasteiger partial charge on any atom is -0.492 e. The number of hydrogen-bond acceptors (Lipinski definition) is 4. The van der Waals surface area contributed by atoms with Crippen molar-refractivity contribution < 1.29 is 35.5 Å². The summed E-state index contributed by atoms with van der Waals surface area (Å²) in [5, 5.41) is 2.16. The molecule has 0 bridgehead atoms. The van der Waals surface area contributed by atoms with Gasteiger partial charge in [-0.1, -0.05) is 11.6 Å². The van der Waals surface area contributed by atoms with Crippen molar-refractivity contribution >= 4 is 33.2 Å². The van der Waals surface area contributed by atoms with Crippen LogP contribution in [-0.2, 0) is 21.0 Å². The summed E-state index contributed by atoms with van der Waals surface area (Å²) in [5.41, 5.74) is -1.90. The molecule has 0 saturated carbocycles. The first-order valence-corrected chi connectivity index (χ1v) is 10.3. The van der Waals surface area contributed by atoms with E-state index in [9.17, 15) is 30.8 Å². The second-order valence-corrected chi connectivity index (χ2v) is 8.17. The number of ether oxygens (including phenoxy) is 1. The van der Waals surface area contributed by atoms with Gasteiger partial charge in [-0.3, -0.25) is 4.79 Å². The summed E-state index contributed by atoms with van der Waals surface area (Å²) in [6.45, 7) is 3.24. The third-order valence-corrected chi connectivity index (χ3v) is 5.61. The third-order valence-electron chi connectivity index (χ3n) is 3.78. The highest BCUT2D eigenvalue weighted by Crippen LogP contribution is 2.33. The van der Waals surface area contributed by atoms with Crippen molar-refractivity contribution in [3.63, 3.8) is 0 Å². The van der Waals surface area contributed by atoms with Gasteiger partial charge in [0.2, 0.25) is 15.9 Å². The van der Waals surface area contributed by atoms with Gasteiger partial charge in [0, 0.05) is 5.69 Å². The van der Waals surface area contributed by atoms with Gasteiger partial charge in [0.05, 0.1) is 28.1 Å². The zero-order valence-corrected chi connectivity index (χ0v) is 17.3. The van der Waals surface area contributed by atoms with Gasteiger partial charge in [0.25, 0.3) is 0 Å². The number of sulfonamides is 1. The van der Waals surface area contributed by atoms with Gasteiger partial charge in [-0.25, -0.2) is 12.8 Å². The standard InChI is InChI=1S/C18H17ClF4N2O4S/c1-3-29-16-7-5-12(9-14(16)19)30(27,28)25-10(2)17(26)24-11-4-6-15(20)13(8-11)18(21,22)23/h4-10,25H,3H2,1-2H3,(H,24,26). The number of carbonyl (C=O) groups excluding carboxylic acids is 1. The normalized spacial score (nSPS) is 13.0. The molecule has 0 aliphatic carbocycles. The summed E-state index contributed by atoms with van der Waals surface area (Å²) < 4.78 is 83.9. The van der Waals surface area contributed by atoms with E-state index in [-0.39, 0.29) is 21.4 Å².